The predicted octanol–water partition coefficient (Wildman–Crippen LogP) is 1.93. The van der Waals surface area contributed by atoms with Crippen molar-refractivity contribution in [3.8, 4) is 0 Å². The van der Waals surface area contributed by atoms with E-state index in [9.17, 15) is 0 Å². The minimum atomic E-state index is 0.990. The zero-order valence-corrected chi connectivity index (χ0v) is 9.45. The molecule has 0 saturated carbocycles. The molecule has 0 amide bonds. The van der Waals surface area contributed by atoms with Gasteiger partial charge in [-0.05, 0) is 36.4 Å². The van der Waals surface area contributed by atoms with Gasteiger partial charge in [0, 0.05) is 19.3 Å². The molecule has 1 heterocycles. The molecule has 0 saturated heterocycles. The Kier molecular flexibility index (Phi) is 3.71. The van der Waals surface area contributed by atoms with E-state index in [2.05, 4.69) is 51.3 Å². The standard InChI is InChI=1S/C8H12IN3/c1-3-12(4-2)8-7(9)5-10-6-11-8/h5-6H,3-4H2,1-2H3. The Morgan fingerprint density at radius 2 is 2.08 bits per heavy atom. The molecule has 3 nitrogen and oxygen atoms in total. The minimum absolute atomic E-state index is 0.990. The monoisotopic (exact) mass is 277 g/mol. The molecule has 0 aliphatic heterocycles. The summed E-state index contributed by atoms with van der Waals surface area (Å²) in [4.78, 5) is 10.4. The van der Waals surface area contributed by atoms with Crippen LogP contribution < -0.4 is 4.90 Å². The maximum atomic E-state index is 4.23. The first-order valence-electron chi connectivity index (χ1n) is 4.00. The molecule has 1 rings (SSSR count). The Bertz CT molecular complexity index is 248. The van der Waals surface area contributed by atoms with Gasteiger partial charge in [0.1, 0.15) is 12.1 Å². The van der Waals surface area contributed by atoms with Gasteiger partial charge < -0.3 is 4.90 Å². The van der Waals surface area contributed by atoms with Gasteiger partial charge in [0.25, 0.3) is 0 Å². The third-order valence-electron chi connectivity index (χ3n) is 1.71. The van der Waals surface area contributed by atoms with Crippen molar-refractivity contribution in [3.05, 3.63) is 16.1 Å². The summed E-state index contributed by atoms with van der Waals surface area (Å²) < 4.78 is 1.11. The van der Waals surface area contributed by atoms with Gasteiger partial charge in [-0.1, -0.05) is 0 Å². The largest absolute Gasteiger partial charge is 0.356 e. The van der Waals surface area contributed by atoms with E-state index in [1.807, 2.05) is 6.20 Å². The average Bonchev–Trinajstić information content (AvgIpc) is 2.10. The first kappa shape index (κ1) is 9.70. The molecule has 66 valence electrons. The summed E-state index contributed by atoms with van der Waals surface area (Å²) in [5.41, 5.74) is 0. The smallest absolute Gasteiger partial charge is 0.145 e. The van der Waals surface area contributed by atoms with Crippen molar-refractivity contribution in [2.45, 2.75) is 13.8 Å². The molecule has 0 aliphatic carbocycles. The van der Waals surface area contributed by atoms with Gasteiger partial charge >= 0.3 is 0 Å². The SMILES string of the molecule is CCN(CC)c1ncncc1I. The summed E-state index contributed by atoms with van der Waals surface area (Å²) in [5.74, 6) is 1.04. The van der Waals surface area contributed by atoms with Crippen molar-refractivity contribution in [2.75, 3.05) is 18.0 Å². The highest BCUT2D eigenvalue weighted by atomic mass is 127. The molecule has 0 bridgehead atoms. The molecule has 4 heteroatoms. The molecule has 0 atom stereocenters. The van der Waals surface area contributed by atoms with Crippen molar-refractivity contribution in [1.29, 1.82) is 0 Å². The van der Waals surface area contributed by atoms with Crippen LogP contribution in [0, 0.1) is 3.57 Å². The zero-order valence-electron chi connectivity index (χ0n) is 7.29. The van der Waals surface area contributed by atoms with Crippen LogP contribution in [0.2, 0.25) is 0 Å². The van der Waals surface area contributed by atoms with Crippen LogP contribution in [-0.4, -0.2) is 23.1 Å². The normalized spacial score (nSPS) is 9.92. The number of hydrogen-bond donors (Lipinski definition) is 0. The molecular weight excluding hydrogens is 265 g/mol. The van der Waals surface area contributed by atoms with Crippen LogP contribution in [0.15, 0.2) is 12.5 Å². The lowest BCUT2D eigenvalue weighted by Gasteiger charge is -2.20. The second kappa shape index (κ2) is 4.59. The molecule has 0 fully saturated rings. The molecule has 0 aliphatic rings. The van der Waals surface area contributed by atoms with Gasteiger partial charge in [-0.25, -0.2) is 9.97 Å². The second-order valence-electron chi connectivity index (χ2n) is 2.37. The third-order valence-corrected chi connectivity index (χ3v) is 2.47. The van der Waals surface area contributed by atoms with Gasteiger partial charge in [-0.2, -0.15) is 0 Å². The van der Waals surface area contributed by atoms with Crippen molar-refractivity contribution in [2.24, 2.45) is 0 Å². The summed E-state index contributed by atoms with van der Waals surface area (Å²) in [6, 6.07) is 0. The van der Waals surface area contributed by atoms with Crippen LogP contribution in [0.25, 0.3) is 0 Å². The van der Waals surface area contributed by atoms with E-state index in [-0.39, 0.29) is 0 Å². The summed E-state index contributed by atoms with van der Waals surface area (Å²) in [6.45, 7) is 6.23. The number of aromatic nitrogens is 2. The van der Waals surface area contributed by atoms with Gasteiger partial charge in [-0.15, -0.1) is 0 Å². The molecule has 12 heavy (non-hydrogen) atoms. The Labute approximate surface area is 86.4 Å². The number of nitrogens with zero attached hydrogens (tertiary/aromatic N) is 3. The van der Waals surface area contributed by atoms with E-state index in [1.54, 1.807) is 6.33 Å². The summed E-state index contributed by atoms with van der Waals surface area (Å²) >= 11 is 2.26. The van der Waals surface area contributed by atoms with E-state index in [1.165, 1.54) is 0 Å². The quantitative estimate of drug-likeness (QED) is 0.790. The van der Waals surface area contributed by atoms with Crippen LogP contribution in [0.1, 0.15) is 13.8 Å². The van der Waals surface area contributed by atoms with Crippen LogP contribution >= 0.6 is 22.6 Å². The lowest BCUT2D eigenvalue weighted by atomic mass is 10.4. The lowest BCUT2D eigenvalue weighted by molar-refractivity contribution is 0.837. The summed E-state index contributed by atoms with van der Waals surface area (Å²) in [5, 5.41) is 0. The fourth-order valence-electron chi connectivity index (χ4n) is 1.06. The van der Waals surface area contributed by atoms with E-state index in [0.717, 1.165) is 22.5 Å². The average molecular weight is 277 g/mol. The molecule has 1 aromatic heterocycles. The van der Waals surface area contributed by atoms with Gasteiger partial charge in [-0.3, -0.25) is 0 Å². The van der Waals surface area contributed by atoms with E-state index < -0.39 is 0 Å². The Morgan fingerprint density at radius 3 is 2.58 bits per heavy atom. The zero-order chi connectivity index (χ0) is 8.97. The lowest BCUT2D eigenvalue weighted by Crippen LogP contribution is -2.23. The molecule has 0 radical (unpaired) electrons. The van der Waals surface area contributed by atoms with E-state index in [0.29, 0.717) is 0 Å². The van der Waals surface area contributed by atoms with Gasteiger partial charge in [0.05, 0.1) is 3.57 Å². The highest BCUT2D eigenvalue weighted by Crippen LogP contribution is 2.16. The number of rotatable bonds is 3. The first-order chi connectivity index (χ1) is 5.79. The van der Waals surface area contributed by atoms with Crippen LogP contribution in [0.5, 0.6) is 0 Å². The number of anilines is 1. The van der Waals surface area contributed by atoms with Crippen molar-refractivity contribution in [3.63, 3.8) is 0 Å². The fourth-order valence-corrected chi connectivity index (χ4v) is 1.70. The molecule has 0 aromatic carbocycles. The van der Waals surface area contributed by atoms with Crippen LogP contribution in [0.4, 0.5) is 5.82 Å². The second-order valence-corrected chi connectivity index (χ2v) is 3.53. The Hall–Kier alpha value is -0.390. The fraction of sp³-hybridized carbons (Fsp3) is 0.500. The molecule has 0 N–H and O–H groups in total. The summed E-state index contributed by atoms with van der Waals surface area (Å²) in [6.07, 6.45) is 3.43. The Balaban J connectivity index is 2.92. The number of hydrogen-bond acceptors (Lipinski definition) is 3. The van der Waals surface area contributed by atoms with E-state index >= 15 is 0 Å². The van der Waals surface area contributed by atoms with Gasteiger partial charge in [0.15, 0.2) is 0 Å². The van der Waals surface area contributed by atoms with Crippen molar-refractivity contribution >= 4 is 28.4 Å². The Morgan fingerprint density at radius 1 is 1.42 bits per heavy atom. The molecule has 0 spiro atoms. The third kappa shape index (κ3) is 2.06. The predicted molar refractivity (Wildman–Crippen MR) is 58.3 cm³/mol. The minimum Gasteiger partial charge on any atom is -0.356 e. The van der Waals surface area contributed by atoms with Gasteiger partial charge in [0.2, 0.25) is 0 Å². The summed E-state index contributed by atoms with van der Waals surface area (Å²) in [7, 11) is 0. The van der Waals surface area contributed by atoms with Crippen molar-refractivity contribution < 1.29 is 0 Å². The highest BCUT2D eigenvalue weighted by molar-refractivity contribution is 14.1. The number of halogens is 1. The first-order valence-corrected chi connectivity index (χ1v) is 5.07. The van der Waals surface area contributed by atoms with Crippen molar-refractivity contribution in [1.82, 2.24) is 9.97 Å². The molecule has 0 unspecified atom stereocenters. The molecule has 1 aromatic rings. The highest BCUT2D eigenvalue weighted by Gasteiger charge is 2.06. The maximum Gasteiger partial charge on any atom is 0.145 e. The maximum absolute atomic E-state index is 4.23. The van der Waals surface area contributed by atoms with Crippen LogP contribution in [0.3, 0.4) is 0 Å². The van der Waals surface area contributed by atoms with E-state index in [4.69, 9.17) is 0 Å². The topological polar surface area (TPSA) is 29.0 Å². The van der Waals surface area contributed by atoms with Crippen LogP contribution in [-0.2, 0) is 0 Å². The molecular formula is C8H12IN3.